The highest BCUT2D eigenvalue weighted by Gasteiger charge is 2.49. The number of amides is 1. The molecule has 1 saturated carbocycles. The number of carbonyl (C=O) groups is 2. The number of halogens is 1. The lowest BCUT2D eigenvalue weighted by Crippen LogP contribution is -2.47. The van der Waals surface area contributed by atoms with Crippen molar-refractivity contribution in [1.29, 1.82) is 0 Å². The van der Waals surface area contributed by atoms with E-state index in [1.54, 1.807) is 13.0 Å². The van der Waals surface area contributed by atoms with E-state index in [9.17, 15) is 22.4 Å². The first-order valence-electron chi connectivity index (χ1n) is 9.71. The summed E-state index contributed by atoms with van der Waals surface area (Å²) in [6.07, 6.45) is 1.03. The van der Waals surface area contributed by atoms with Gasteiger partial charge < -0.3 is 9.47 Å². The van der Waals surface area contributed by atoms with E-state index in [1.165, 1.54) is 19.1 Å². The highest BCUT2D eigenvalue weighted by atomic mass is 32.2. The second kappa shape index (κ2) is 8.26. The van der Waals surface area contributed by atoms with E-state index in [4.69, 9.17) is 9.47 Å². The summed E-state index contributed by atoms with van der Waals surface area (Å²) in [6.45, 7) is 2.74. The third-order valence-electron chi connectivity index (χ3n) is 5.25. The minimum absolute atomic E-state index is 0.0108. The van der Waals surface area contributed by atoms with E-state index in [0.717, 1.165) is 24.0 Å². The van der Waals surface area contributed by atoms with Crippen LogP contribution in [0.2, 0.25) is 0 Å². The Bertz CT molecular complexity index is 1020. The predicted octanol–water partition coefficient (Wildman–Crippen LogP) is 2.67. The van der Waals surface area contributed by atoms with Gasteiger partial charge in [0.1, 0.15) is 11.9 Å². The standard InChI is InChI=1S/C21H24FNO6S/c1-4-28-19(24)21(2,30(3,26)27)12-16-13-23(20(25)29-16)18-10-9-15(11-17(18)22)8-7-14-5-6-14/h9-11,14,16H,4-6,12-13H2,1-3H3. The van der Waals surface area contributed by atoms with Crippen LogP contribution in [0.3, 0.4) is 0 Å². The Kier molecular flexibility index (Phi) is 6.09. The van der Waals surface area contributed by atoms with E-state index >= 15 is 0 Å². The number of sulfone groups is 1. The van der Waals surface area contributed by atoms with Crippen LogP contribution in [0.15, 0.2) is 18.2 Å². The maximum atomic E-state index is 14.6. The van der Waals surface area contributed by atoms with Gasteiger partial charge in [0.25, 0.3) is 0 Å². The van der Waals surface area contributed by atoms with Gasteiger partial charge in [-0.3, -0.25) is 9.69 Å². The molecule has 1 aliphatic heterocycles. The molecular weight excluding hydrogens is 413 g/mol. The third kappa shape index (κ3) is 4.59. The summed E-state index contributed by atoms with van der Waals surface area (Å²) in [7, 11) is -3.87. The molecule has 1 aliphatic carbocycles. The van der Waals surface area contributed by atoms with Gasteiger partial charge >= 0.3 is 12.1 Å². The van der Waals surface area contributed by atoms with Gasteiger partial charge in [-0.1, -0.05) is 11.8 Å². The van der Waals surface area contributed by atoms with E-state index in [0.29, 0.717) is 11.5 Å². The van der Waals surface area contributed by atoms with Crippen molar-refractivity contribution in [2.75, 3.05) is 24.3 Å². The molecule has 1 aromatic carbocycles. The van der Waals surface area contributed by atoms with Crippen molar-refractivity contribution in [3.63, 3.8) is 0 Å². The molecule has 1 heterocycles. The zero-order valence-corrected chi connectivity index (χ0v) is 17.9. The minimum Gasteiger partial charge on any atom is -0.465 e. The van der Waals surface area contributed by atoms with Gasteiger partial charge in [0.2, 0.25) is 0 Å². The summed E-state index contributed by atoms with van der Waals surface area (Å²) in [4.78, 5) is 25.7. The van der Waals surface area contributed by atoms with Crippen molar-refractivity contribution in [2.24, 2.45) is 5.92 Å². The minimum atomic E-state index is -3.87. The lowest BCUT2D eigenvalue weighted by atomic mass is 10.0. The molecule has 2 aliphatic rings. The number of ether oxygens (including phenoxy) is 2. The van der Waals surface area contributed by atoms with Crippen LogP contribution in [0.4, 0.5) is 14.9 Å². The predicted molar refractivity (Wildman–Crippen MR) is 108 cm³/mol. The van der Waals surface area contributed by atoms with Gasteiger partial charge in [-0.15, -0.1) is 0 Å². The SMILES string of the molecule is CCOC(=O)C(C)(CC1CN(c2ccc(C#CC3CC3)cc2F)C(=O)O1)S(C)(=O)=O. The smallest absolute Gasteiger partial charge is 0.414 e. The van der Waals surface area contributed by atoms with Crippen LogP contribution < -0.4 is 4.90 Å². The van der Waals surface area contributed by atoms with Crippen molar-refractivity contribution in [2.45, 2.75) is 44.0 Å². The van der Waals surface area contributed by atoms with Gasteiger partial charge in [0.15, 0.2) is 14.6 Å². The average Bonchev–Trinajstić information content (AvgIpc) is 3.42. The van der Waals surface area contributed by atoms with E-state index in [-0.39, 0.29) is 25.3 Å². The molecular formula is C21H24FNO6S. The topological polar surface area (TPSA) is 90.0 Å². The van der Waals surface area contributed by atoms with E-state index in [2.05, 4.69) is 11.8 Å². The first kappa shape index (κ1) is 22.1. The zero-order valence-electron chi connectivity index (χ0n) is 17.1. The number of rotatable bonds is 6. The first-order chi connectivity index (χ1) is 14.0. The summed E-state index contributed by atoms with van der Waals surface area (Å²) in [5, 5.41) is 0. The largest absolute Gasteiger partial charge is 0.465 e. The number of hydrogen-bond donors (Lipinski definition) is 0. The highest BCUT2D eigenvalue weighted by molar-refractivity contribution is 7.92. The maximum Gasteiger partial charge on any atom is 0.414 e. The summed E-state index contributed by atoms with van der Waals surface area (Å²) in [6, 6.07) is 4.31. The molecule has 1 aromatic rings. The molecule has 2 fully saturated rings. The molecule has 1 saturated heterocycles. The fraction of sp³-hybridized carbons (Fsp3) is 0.524. The van der Waals surface area contributed by atoms with Crippen LogP contribution in [-0.4, -0.2) is 50.7 Å². The lowest BCUT2D eigenvalue weighted by Gasteiger charge is -2.27. The molecule has 0 bridgehead atoms. The van der Waals surface area contributed by atoms with Gasteiger partial charge in [0.05, 0.1) is 18.8 Å². The molecule has 7 nitrogen and oxygen atoms in total. The van der Waals surface area contributed by atoms with Crippen LogP contribution in [0.1, 0.15) is 38.7 Å². The van der Waals surface area contributed by atoms with Crippen molar-refractivity contribution in [3.8, 4) is 11.8 Å². The Morgan fingerprint density at radius 1 is 1.40 bits per heavy atom. The number of nitrogens with zero attached hydrogens (tertiary/aromatic N) is 1. The highest BCUT2D eigenvalue weighted by Crippen LogP contribution is 2.32. The molecule has 3 rings (SSSR count). The molecule has 0 aromatic heterocycles. The lowest BCUT2D eigenvalue weighted by molar-refractivity contribution is -0.146. The molecule has 162 valence electrons. The maximum absolute atomic E-state index is 14.6. The van der Waals surface area contributed by atoms with Crippen molar-refractivity contribution in [1.82, 2.24) is 0 Å². The van der Waals surface area contributed by atoms with Gasteiger partial charge in [-0.2, -0.15) is 0 Å². The second-order valence-electron chi connectivity index (χ2n) is 7.75. The van der Waals surface area contributed by atoms with Crippen molar-refractivity contribution >= 4 is 27.6 Å². The van der Waals surface area contributed by atoms with Crippen LogP contribution in [0, 0.1) is 23.6 Å². The van der Waals surface area contributed by atoms with E-state index < -0.39 is 38.6 Å². The molecule has 0 spiro atoms. The number of esters is 1. The Morgan fingerprint density at radius 2 is 2.10 bits per heavy atom. The third-order valence-corrected chi connectivity index (χ3v) is 7.22. The van der Waals surface area contributed by atoms with Crippen LogP contribution >= 0.6 is 0 Å². The molecule has 30 heavy (non-hydrogen) atoms. The average molecular weight is 437 g/mol. The summed E-state index contributed by atoms with van der Waals surface area (Å²) >= 11 is 0. The molecule has 2 atom stereocenters. The molecule has 0 N–H and O–H groups in total. The molecule has 9 heteroatoms. The summed E-state index contributed by atoms with van der Waals surface area (Å²) in [5.41, 5.74) is 0.524. The normalized spacial score (nSPS) is 20.7. The number of cyclic esters (lactones) is 1. The van der Waals surface area contributed by atoms with Gasteiger partial charge in [-0.25, -0.2) is 17.6 Å². The van der Waals surface area contributed by atoms with Gasteiger partial charge in [0, 0.05) is 24.2 Å². The fourth-order valence-corrected chi connectivity index (χ4v) is 4.00. The molecule has 2 unspecified atom stereocenters. The Labute approximate surface area is 175 Å². The number of benzene rings is 1. The molecule has 0 radical (unpaired) electrons. The summed E-state index contributed by atoms with van der Waals surface area (Å²) < 4.78 is 47.4. The van der Waals surface area contributed by atoms with Crippen LogP contribution in [0.25, 0.3) is 0 Å². The molecule has 1 amide bonds. The first-order valence-corrected chi connectivity index (χ1v) is 11.6. The second-order valence-corrected chi connectivity index (χ2v) is 10.2. The summed E-state index contributed by atoms with van der Waals surface area (Å²) in [5.74, 6) is 4.79. The number of hydrogen-bond acceptors (Lipinski definition) is 6. The Morgan fingerprint density at radius 3 is 2.67 bits per heavy atom. The van der Waals surface area contributed by atoms with Gasteiger partial charge in [-0.05, 0) is 44.9 Å². The van der Waals surface area contributed by atoms with Crippen LogP contribution in [-0.2, 0) is 24.1 Å². The van der Waals surface area contributed by atoms with E-state index in [1.807, 2.05) is 0 Å². The Balaban J connectivity index is 1.77. The van der Waals surface area contributed by atoms with Crippen LogP contribution in [0.5, 0.6) is 0 Å². The number of carbonyl (C=O) groups excluding carboxylic acids is 2. The zero-order chi connectivity index (χ0) is 22.1. The number of anilines is 1. The fourth-order valence-electron chi connectivity index (χ4n) is 3.15. The quantitative estimate of drug-likeness (QED) is 0.502. The van der Waals surface area contributed by atoms with Crippen molar-refractivity contribution in [3.05, 3.63) is 29.6 Å². The van der Waals surface area contributed by atoms with Crippen molar-refractivity contribution < 1.29 is 31.9 Å². The Hall–Kier alpha value is -2.60. The monoisotopic (exact) mass is 437 g/mol.